The lowest BCUT2D eigenvalue weighted by atomic mass is 10.0. The van der Waals surface area contributed by atoms with Crippen LogP contribution in [0.15, 0.2) is 0 Å². The Morgan fingerprint density at radius 3 is 0.885 bits per heavy atom. The standard InChI is InChI=1S/C25H53N/c1-3-5-6-7-8-9-10-11-12-13-14-15-16-17-18-19-20-21-22-23-24-25-26-4-2/h26H,3-25H2,1-2H3. The summed E-state index contributed by atoms with van der Waals surface area (Å²) >= 11 is 0. The van der Waals surface area contributed by atoms with E-state index in [0.717, 1.165) is 6.54 Å². The highest BCUT2D eigenvalue weighted by Gasteiger charge is 1.95. The number of rotatable bonds is 23. The van der Waals surface area contributed by atoms with Gasteiger partial charge < -0.3 is 5.32 Å². The normalized spacial score (nSPS) is 11.3. The number of hydrogen-bond donors (Lipinski definition) is 1. The minimum absolute atomic E-state index is 1.12. The molecule has 0 fully saturated rings. The van der Waals surface area contributed by atoms with Crippen molar-refractivity contribution in [2.24, 2.45) is 0 Å². The Hall–Kier alpha value is -0.0400. The molecule has 1 nitrogen and oxygen atoms in total. The molecule has 0 rings (SSSR count). The molecule has 158 valence electrons. The third-order valence-electron chi connectivity index (χ3n) is 5.71. The maximum absolute atomic E-state index is 3.41. The lowest BCUT2D eigenvalue weighted by Crippen LogP contribution is -2.13. The zero-order chi connectivity index (χ0) is 19.0. The van der Waals surface area contributed by atoms with Gasteiger partial charge in [0.25, 0.3) is 0 Å². The maximum Gasteiger partial charge on any atom is -0.00490 e. The summed E-state index contributed by atoms with van der Waals surface area (Å²) < 4.78 is 0. The van der Waals surface area contributed by atoms with E-state index in [2.05, 4.69) is 19.2 Å². The van der Waals surface area contributed by atoms with Gasteiger partial charge in [-0.2, -0.15) is 0 Å². The van der Waals surface area contributed by atoms with Gasteiger partial charge >= 0.3 is 0 Å². The van der Waals surface area contributed by atoms with Gasteiger partial charge in [-0.25, -0.2) is 0 Å². The van der Waals surface area contributed by atoms with Crippen LogP contribution in [0.25, 0.3) is 0 Å². The first-order valence-electron chi connectivity index (χ1n) is 12.6. The zero-order valence-corrected chi connectivity index (χ0v) is 18.8. The summed E-state index contributed by atoms with van der Waals surface area (Å²) in [6.07, 6.45) is 30.8. The Bertz CT molecular complexity index is 202. The van der Waals surface area contributed by atoms with Crippen LogP contribution in [0.3, 0.4) is 0 Å². The van der Waals surface area contributed by atoms with E-state index in [-0.39, 0.29) is 0 Å². The molecule has 0 aromatic carbocycles. The van der Waals surface area contributed by atoms with Gasteiger partial charge in [-0.05, 0) is 19.5 Å². The molecule has 26 heavy (non-hydrogen) atoms. The minimum Gasteiger partial charge on any atom is -0.317 e. The summed E-state index contributed by atoms with van der Waals surface area (Å²) in [6.45, 7) is 6.83. The summed E-state index contributed by atoms with van der Waals surface area (Å²) in [4.78, 5) is 0. The van der Waals surface area contributed by atoms with Crippen molar-refractivity contribution >= 4 is 0 Å². The van der Waals surface area contributed by atoms with Gasteiger partial charge in [0, 0.05) is 0 Å². The first kappa shape index (κ1) is 26.0. The van der Waals surface area contributed by atoms with Crippen LogP contribution in [0.2, 0.25) is 0 Å². The van der Waals surface area contributed by atoms with E-state index in [0.29, 0.717) is 0 Å². The van der Waals surface area contributed by atoms with Gasteiger partial charge in [0.2, 0.25) is 0 Å². The topological polar surface area (TPSA) is 12.0 Å². The summed E-state index contributed by atoms with van der Waals surface area (Å²) in [5, 5.41) is 3.41. The van der Waals surface area contributed by atoms with Gasteiger partial charge in [-0.1, -0.05) is 142 Å². The molecule has 0 aliphatic rings. The molecule has 0 aromatic rings. The van der Waals surface area contributed by atoms with Crippen LogP contribution in [-0.2, 0) is 0 Å². The largest absolute Gasteiger partial charge is 0.317 e. The van der Waals surface area contributed by atoms with Crippen molar-refractivity contribution in [1.82, 2.24) is 5.32 Å². The summed E-state index contributed by atoms with van der Waals surface area (Å²) in [6, 6.07) is 0. The molecule has 0 heterocycles. The Balaban J connectivity index is 2.95. The Morgan fingerprint density at radius 2 is 0.615 bits per heavy atom. The number of nitrogens with one attached hydrogen (secondary N) is 1. The fourth-order valence-corrected chi connectivity index (χ4v) is 3.86. The van der Waals surface area contributed by atoms with Crippen LogP contribution in [0.1, 0.15) is 149 Å². The molecule has 0 atom stereocenters. The van der Waals surface area contributed by atoms with Crippen LogP contribution >= 0.6 is 0 Å². The zero-order valence-electron chi connectivity index (χ0n) is 18.8. The lowest BCUT2D eigenvalue weighted by Gasteiger charge is -2.04. The van der Waals surface area contributed by atoms with Crippen molar-refractivity contribution in [1.29, 1.82) is 0 Å². The molecule has 0 saturated carbocycles. The Kier molecular flexibility index (Phi) is 24.9. The van der Waals surface area contributed by atoms with Crippen molar-refractivity contribution < 1.29 is 0 Å². The highest BCUT2D eigenvalue weighted by molar-refractivity contribution is 4.51. The van der Waals surface area contributed by atoms with Crippen molar-refractivity contribution in [3.05, 3.63) is 0 Å². The van der Waals surface area contributed by atoms with E-state index in [9.17, 15) is 0 Å². The second kappa shape index (κ2) is 25.0. The molecule has 1 heteroatoms. The molecule has 0 radical (unpaired) electrons. The Labute approximate surface area is 167 Å². The van der Waals surface area contributed by atoms with Gasteiger partial charge in [-0.15, -0.1) is 0 Å². The Morgan fingerprint density at radius 1 is 0.346 bits per heavy atom. The van der Waals surface area contributed by atoms with Gasteiger partial charge in [0.15, 0.2) is 0 Å². The van der Waals surface area contributed by atoms with Crippen LogP contribution < -0.4 is 5.32 Å². The fourth-order valence-electron chi connectivity index (χ4n) is 3.86. The van der Waals surface area contributed by atoms with E-state index in [1.165, 1.54) is 141 Å². The van der Waals surface area contributed by atoms with E-state index in [4.69, 9.17) is 0 Å². The van der Waals surface area contributed by atoms with E-state index in [1.54, 1.807) is 0 Å². The molecule has 0 aliphatic heterocycles. The number of hydrogen-bond acceptors (Lipinski definition) is 1. The highest BCUT2D eigenvalue weighted by Crippen LogP contribution is 2.14. The monoisotopic (exact) mass is 367 g/mol. The van der Waals surface area contributed by atoms with Crippen LogP contribution in [-0.4, -0.2) is 13.1 Å². The second-order valence-electron chi connectivity index (χ2n) is 8.42. The maximum atomic E-state index is 3.41. The van der Waals surface area contributed by atoms with E-state index in [1.807, 2.05) is 0 Å². The quantitative estimate of drug-likeness (QED) is 0.178. The molecular weight excluding hydrogens is 314 g/mol. The summed E-state index contributed by atoms with van der Waals surface area (Å²) in [7, 11) is 0. The first-order valence-corrected chi connectivity index (χ1v) is 12.6. The molecule has 0 saturated heterocycles. The molecule has 0 bridgehead atoms. The van der Waals surface area contributed by atoms with Crippen LogP contribution in [0.4, 0.5) is 0 Å². The van der Waals surface area contributed by atoms with Crippen molar-refractivity contribution in [2.75, 3.05) is 13.1 Å². The van der Waals surface area contributed by atoms with Crippen molar-refractivity contribution in [3.63, 3.8) is 0 Å². The molecule has 0 spiro atoms. The molecule has 0 unspecified atom stereocenters. The second-order valence-corrected chi connectivity index (χ2v) is 8.42. The SMILES string of the molecule is CCCCCCCCCCCCCCCCCCCCCCCNCC. The van der Waals surface area contributed by atoms with Crippen molar-refractivity contribution in [3.8, 4) is 0 Å². The van der Waals surface area contributed by atoms with Gasteiger partial charge in [0.1, 0.15) is 0 Å². The smallest absolute Gasteiger partial charge is 0.00490 e. The van der Waals surface area contributed by atoms with E-state index < -0.39 is 0 Å². The first-order chi connectivity index (χ1) is 12.9. The lowest BCUT2D eigenvalue weighted by molar-refractivity contribution is 0.519. The molecule has 0 aromatic heterocycles. The number of unbranched alkanes of at least 4 members (excludes halogenated alkanes) is 20. The van der Waals surface area contributed by atoms with Gasteiger partial charge in [-0.3, -0.25) is 0 Å². The average molecular weight is 368 g/mol. The minimum atomic E-state index is 1.12. The molecule has 1 N–H and O–H groups in total. The summed E-state index contributed by atoms with van der Waals surface area (Å²) in [5.41, 5.74) is 0. The molecule has 0 amide bonds. The van der Waals surface area contributed by atoms with Crippen molar-refractivity contribution in [2.45, 2.75) is 149 Å². The average Bonchev–Trinajstić information content (AvgIpc) is 2.66. The highest BCUT2D eigenvalue weighted by atomic mass is 14.8. The third-order valence-corrected chi connectivity index (χ3v) is 5.71. The van der Waals surface area contributed by atoms with Gasteiger partial charge in [0.05, 0.1) is 0 Å². The van der Waals surface area contributed by atoms with E-state index >= 15 is 0 Å². The predicted molar refractivity (Wildman–Crippen MR) is 121 cm³/mol. The fraction of sp³-hybridized carbons (Fsp3) is 1.00. The third kappa shape index (κ3) is 24.0. The van der Waals surface area contributed by atoms with Crippen LogP contribution in [0, 0.1) is 0 Å². The summed E-state index contributed by atoms with van der Waals surface area (Å²) in [5.74, 6) is 0. The molecular formula is C25H53N. The molecule has 0 aliphatic carbocycles. The predicted octanol–water partition coefficient (Wildman–Crippen LogP) is 8.81. The van der Waals surface area contributed by atoms with Crippen LogP contribution in [0.5, 0.6) is 0 Å².